The summed E-state index contributed by atoms with van der Waals surface area (Å²) < 4.78 is 15.7. The van der Waals surface area contributed by atoms with E-state index in [-0.39, 0.29) is 25.7 Å². The van der Waals surface area contributed by atoms with Gasteiger partial charge in [0.1, 0.15) is 0 Å². The molecule has 7 heteroatoms. The molecule has 0 saturated heterocycles. The Morgan fingerprint density at radius 1 is 0.926 bits per heavy atom. The van der Waals surface area contributed by atoms with Crippen LogP contribution < -0.4 is 5.32 Å². The summed E-state index contributed by atoms with van der Waals surface area (Å²) in [5.41, 5.74) is -1.13. The first kappa shape index (κ1) is 21.3. The molecule has 7 nitrogen and oxygen atoms in total. The SMILES string of the molecule is CCOC(=O)C1=CNC(C(=O)OCC)(C(=O)OCC)[C@H]2CCCCCC[C@H]12. The molecule has 2 atom stereocenters. The Morgan fingerprint density at radius 2 is 1.48 bits per heavy atom. The maximum absolute atomic E-state index is 13.0. The second-order valence-corrected chi connectivity index (χ2v) is 6.92. The number of hydrogen-bond acceptors (Lipinski definition) is 7. The van der Waals surface area contributed by atoms with E-state index in [0.29, 0.717) is 12.0 Å². The highest BCUT2D eigenvalue weighted by Gasteiger charge is 2.59. The molecule has 1 fully saturated rings. The van der Waals surface area contributed by atoms with Gasteiger partial charge in [0.2, 0.25) is 5.54 Å². The molecule has 1 N–H and O–H groups in total. The maximum Gasteiger partial charge on any atom is 0.343 e. The van der Waals surface area contributed by atoms with E-state index < -0.39 is 29.4 Å². The molecule has 0 aromatic rings. The van der Waals surface area contributed by atoms with Gasteiger partial charge in [0.15, 0.2) is 0 Å². The standard InChI is InChI=1S/C20H31NO6/c1-4-25-17(22)15-13-21-20(18(23)26-5-2,19(24)27-6-3)16-12-10-8-7-9-11-14(15)16/h13-14,16,21H,4-12H2,1-3H3/t14-,16+/m1/s1. The van der Waals surface area contributed by atoms with E-state index in [9.17, 15) is 14.4 Å². The van der Waals surface area contributed by atoms with Gasteiger partial charge in [0.05, 0.1) is 25.4 Å². The van der Waals surface area contributed by atoms with Crippen LogP contribution in [0.4, 0.5) is 0 Å². The minimum absolute atomic E-state index is 0.160. The van der Waals surface area contributed by atoms with Gasteiger partial charge in [-0.3, -0.25) is 0 Å². The van der Waals surface area contributed by atoms with Gasteiger partial charge in [-0.25, -0.2) is 14.4 Å². The summed E-state index contributed by atoms with van der Waals surface area (Å²) in [6, 6.07) is 0. The number of nitrogens with one attached hydrogen (secondary N) is 1. The molecule has 0 radical (unpaired) electrons. The monoisotopic (exact) mass is 381 g/mol. The highest BCUT2D eigenvalue weighted by Crippen LogP contribution is 2.43. The third-order valence-electron chi connectivity index (χ3n) is 5.38. The number of esters is 3. The van der Waals surface area contributed by atoms with Gasteiger partial charge < -0.3 is 19.5 Å². The van der Waals surface area contributed by atoms with Crippen molar-refractivity contribution in [3.63, 3.8) is 0 Å². The van der Waals surface area contributed by atoms with Crippen LogP contribution in [0.3, 0.4) is 0 Å². The molecule has 152 valence electrons. The Bertz CT molecular complexity index is 567. The average Bonchev–Trinajstić information content (AvgIpc) is 2.61. The second kappa shape index (κ2) is 9.76. The van der Waals surface area contributed by atoms with E-state index in [0.717, 1.165) is 32.1 Å². The molecule has 0 aromatic carbocycles. The number of rotatable bonds is 6. The van der Waals surface area contributed by atoms with Gasteiger partial charge in [-0.2, -0.15) is 0 Å². The molecule has 0 amide bonds. The average molecular weight is 381 g/mol. The van der Waals surface area contributed by atoms with E-state index >= 15 is 0 Å². The lowest BCUT2D eigenvalue weighted by Crippen LogP contribution is -2.66. The van der Waals surface area contributed by atoms with Crippen LogP contribution in [0, 0.1) is 11.8 Å². The predicted octanol–water partition coefficient (Wildman–Crippen LogP) is 2.49. The summed E-state index contributed by atoms with van der Waals surface area (Å²) >= 11 is 0. The fraction of sp³-hybridized carbons (Fsp3) is 0.750. The lowest BCUT2D eigenvalue weighted by molar-refractivity contribution is -0.172. The number of hydrogen-bond donors (Lipinski definition) is 1. The van der Waals surface area contributed by atoms with Gasteiger partial charge in [-0.1, -0.05) is 25.7 Å². The zero-order valence-corrected chi connectivity index (χ0v) is 16.5. The summed E-state index contributed by atoms with van der Waals surface area (Å²) in [5.74, 6) is -2.35. The molecule has 27 heavy (non-hydrogen) atoms. The lowest BCUT2D eigenvalue weighted by Gasteiger charge is -2.45. The van der Waals surface area contributed by atoms with E-state index in [1.807, 2.05) is 0 Å². The van der Waals surface area contributed by atoms with Gasteiger partial charge >= 0.3 is 17.9 Å². The Balaban J connectivity index is 2.52. The minimum atomic E-state index is -1.62. The molecule has 0 unspecified atom stereocenters. The molecule has 2 aliphatic rings. The van der Waals surface area contributed by atoms with Crippen LogP contribution in [0.1, 0.15) is 59.3 Å². The summed E-state index contributed by atoms with van der Waals surface area (Å²) in [5, 5.41) is 2.93. The van der Waals surface area contributed by atoms with Crippen molar-refractivity contribution in [2.45, 2.75) is 64.8 Å². The summed E-state index contributed by atoms with van der Waals surface area (Å²) in [6.07, 6.45) is 6.72. The highest BCUT2D eigenvalue weighted by molar-refractivity contribution is 6.06. The Morgan fingerprint density at radius 3 is 2.04 bits per heavy atom. The molecule has 1 aliphatic heterocycles. The fourth-order valence-corrected chi connectivity index (χ4v) is 4.20. The molecule has 0 aromatic heterocycles. The molecule has 0 spiro atoms. The van der Waals surface area contributed by atoms with Crippen LogP contribution in [0.15, 0.2) is 11.8 Å². The number of carbonyl (C=O) groups is 3. The van der Waals surface area contributed by atoms with E-state index in [2.05, 4.69) is 5.32 Å². The van der Waals surface area contributed by atoms with Gasteiger partial charge in [-0.15, -0.1) is 0 Å². The predicted molar refractivity (Wildman–Crippen MR) is 98.5 cm³/mol. The van der Waals surface area contributed by atoms with Crippen LogP contribution in [0.2, 0.25) is 0 Å². The van der Waals surface area contributed by atoms with Gasteiger partial charge in [0, 0.05) is 12.1 Å². The van der Waals surface area contributed by atoms with Crippen LogP contribution in [0.5, 0.6) is 0 Å². The summed E-state index contributed by atoms with van der Waals surface area (Å²) in [4.78, 5) is 38.4. The van der Waals surface area contributed by atoms with Gasteiger partial charge in [-0.05, 0) is 39.5 Å². The first-order valence-electron chi connectivity index (χ1n) is 10.0. The second-order valence-electron chi connectivity index (χ2n) is 6.92. The lowest BCUT2D eigenvalue weighted by atomic mass is 9.65. The van der Waals surface area contributed by atoms with Crippen LogP contribution in [0.25, 0.3) is 0 Å². The first-order chi connectivity index (χ1) is 13.0. The summed E-state index contributed by atoms with van der Waals surface area (Å²) in [6.45, 7) is 5.76. The Labute approximate surface area is 160 Å². The first-order valence-corrected chi connectivity index (χ1v) is 10.0. The molecule has 1 saturated carbocycles. The van der Waals surface area contributed by atoms with Crippen molar-refractivity contribution in [3.8, 4) is 0 Å². The molecular formula is C20H31NO6. The van der Waals surface area contributed by atoms with Crippen molar-refractivity contribution in [2.75, 3.05) is 19.8 Å². The zero-order valence-electron chi connectivity index (χ0n) is 16.5. The number of fused-ring (bicyclic) bond motifs is 1. The Hall–Kier alpha value is -2.05. The van der Waals surface area contributed by atoms with E-state index in [4.69, 9.17) is 14.2 Å². The minimum Gasteiger partial charge on any atom is -0.464 e. The quantitative estimate of drug-likeness (QED) is 0.429. The number of ether oxygens (including phenoxy) is 3. The maximum atomic E-state index is 13.0. The summed E-state index contributed by atoms with van der Waals surface area (Å²) in [7, 11) is 0. The molecule has 1 heterocycles. The largest absolute Gasteiger partial charge is 0.464 e. The molecular weight excluding hydrogens is 350 g/mol. The van der Waals surface area contributed by atoms with E-state index in [1.165, 1.54) is 6.20 Å². The fourth-order valence-electron chi connectivity index (χ4n) is 4.20. The smallest absolute Gasteiger partial charge is 0.343 e. The van der Waals surface area contributed by atoms with Crippen molar-refractivity contribution in [1.82, 2.24) is 5.32 Å². The number of carbonyl (C=O) groups excluding carboxylic acids is 3. The van der Waals surface area contributed by atoms with Crippen LogP contribution in [-0.4, -0.2) is 43.3 Å². The van der Waals surface area contributed by atoms with Crippen molar-refractivity contribution < 1.29 is 28.6 Å². The zero-order chi connectivity index (χ0) is 19.9. The van der Waals surface area contributed by atoms with Crippen molar-refractivity contribution in [1.29, 1.82) is 0 Å². The van der Waals surface area contributed by atoms with Crippen LogP contribution in [-0.2, 0) is 28.6 Å². The third kappa shape index (κ3) is 4.28. The van der Waals surface area contributed by atoms with Crippen molar-refractivity contribution >= 4 is 17.9 Å². The third-order valence-corrected chi connectivity index (χ3v) is 5.38. The normalized spacial score (nSPS) is 24.2. The molecule has 1 aliphatic carbocycles. The highest BCUT2D eigenvalue weighted by atomic mass is 16.6. The topological polar surface area (TPSA) is 90.9 Å². The molecule has 2 rings (SSSR count). The van der Waals surface area contributed by atoms with Crippen molar-refractivity contribution in [3.05, 3.63) is 11.8 Å². The molecule has 0 bridgehead atoms. The Kier molecular flexibility index (Phi) is 7.68. The van der Waals surface area contributed by atoms with Crippen LogP contribution >= 0.6 is 0 Å². The van der Waals surface area contributed by atoms with E-state index in [1.54, 1.807) is 20.8 Å². The van der Waals surface area contributed by atoms with Crippen molar-refractivity contribution in [2.24, 2.45) is 11.8 Å². The van der Waals surface area contributed by atoms with Gasteiger partial charge in [0.25, 0.3) is 0 Å².